The summed E-state index contributed by atoms with van der Waals surface area (Å²) in [5.74, 6) is -0.806. The van der Waals surface area contributed by atoms with Crippen LogP contribution in [0.25, 0.3) is 5.57 Å². The van der Waals surface area contributed by atoms with Gasteiger partial charge < -0.3 is 5.11 Å². The molecule has 0 saturated heterocycles. The highest BCUT2D eigenvalue weighted by atomic mass is 16.4. The van der Waals surface area contributed by atoms with Crippen molar-refractivity contribution < 1.29 is 9.90 Å². The van der Waals surface area contributed by atoms with Crippen molar-refractivity contribution in [3.63, 3.8) is 0 Å². The Kier molecular flexibility index (Phi) is 3.85. The van der Waals surface area contributed by atoms with Crippen LogP contribution in [0.2, 0.25) is 0 Å². The van der Waals surface area contributed by atoms with Gasteiger partial charge in [-0.1, -0.05) is 19.1 Å². The third-order valence-corrected chi connectivity index (χ3v) is 1.94. The van der Waals surface area contributed by atoms with E-state index in [2.05, 4.69) is 4.98 Å². The first-order chi connectivity index (χ1) is 6.74. The lowest BCUT2D eigenvalue weighted by Gasteiger charge is -2.02. The Morgan fingerprint density at radius 3 is 2.93 bits per heavy atom. The van der Waals surface area contributed by atoms with Crippen LogP contribution in [0.4, 0.5) is 0 Å². The molecule has 1 heterocycles. The van der Waals surface area contributed by atoms with E-state index < -0.39 is 5.97 Å². The van der Waals surface area contributed by atoms with Crippen molar-refractivity contribution in [3.8, 4) is 0 Å². The van der Waals surface area contributed by atoms with Crippen LogP contribution in [-0.2, 0) is 4.79 Å². The first-order valence-electron chi connectivity index (χ1n) is 4.55. The van der Waals surface area contributed by atoms with Crippen LogP contribution in [0.5, 0.6) is 0 Å². The molecule has 0 saturated carbocycles. The van der Waals surface area contributed by atoms with Crippen molar-refractivity contribution in [1.82, 2.24) is 4.98 Å². The lowest BCUT2D eigenvalue weighted by Crippen LogP contribution is -1.92. The van der Waals surface area contributed by atoms with Crippen molar-refractivity contribution in [2.24, 2.45) is 0 Å². The largest absolute Gasteiger partial charge is 0.481 e. The molecule has 1 aromatic rings. The molecule has 0 radical (unpaired) electrons. The van der Waals surface area contributed by atoms with Crippen LogP contribution < -0.4 is 0 Å². The fourth-order valence-corrected chi connectivity index (χ4v) is 1.23. The second-order valence-corrected chi connectivity index (χ2v) is 2.92. The minimum atomic E-state index is -0.806. The monoisotopic (exact) mass is 191 g/mol. The van der Waals surface area contributed by atoms with E-state index in [0.29, 0.717) is 0 Å². The smallest absolute Gasteiger partial charge is 0.307 e. The molecule has 0 aliphatic rings. The van der Waals surface area contributed by atoms with Crippen molar-refractivity contribution in [1.29, 1.82) is 0 Å². The Bertz CT molecular complexity index is 330. The Morgan fingerprint density at radius 1 is 1.64 bits per heavy atom. The van der Waals surface area contributed by atoms with Gasteiger partial charge in [-0.05, 0) is 23.6 Å². The van der Waals surface area contributed by atoms with Gasteiger partial charge in [0, 0.05) is 12.4 Å². The zero-order valence-corrected chi connectivity index (χ0v) is 8.10. The molecule has 0 fully saturated rings. The minimum Gasteiger partial charge on any atom is -0.481 e. The molecule has 74 valence electrons. The van der Waals surface area contributed by atoms with E-state index in [-0.39, 0.29) is 6.42 Å². The molecule has 3 nitrogen and oxygen atoms in total. The summed E-state index contributed by atoms with van der Waals surface area (Å²) in [5, 5.41) is 8.54. The number of aromatic nitrogens is 1. The molecule has 0 aromatic carbocycles. The number of hydrogen-bond donors (Lipinski definition) is 1. The van der Waals surface area contributed by atoms with E-state index in [1.54, 1.807) is 18.5 Å². The topological polar surface area (TPSA) is 50.2 Å². The summed E-state index contributed by atoms with van der Waals surface area (Å²) in [6.07, 6.45) is 6.07. The van der Waals surface area contributed by atoms with Gasteiger partial charge in [-0.2, -0.15) is 0 Å². The van der Waals surface area contributed by atoms with Gasteiger partial charge in [-0.25, -0.2) is 0 Å². The molecular weight excluding hydrogens is 178 g/mol. The second kappa shape index (κ2) is 5.17. The average molecular weight is 191 g/mol. The van der Waals surface area contributed by atoms with E-state index in [0.717, 1.165) is 17.6 Å². The molecule has 0 spiro atoms. The maximum Gasteiger partial charge on any atom is 0.307 e. The summed E-state index contributed by atoms with van der Waals surface area (Å²) >= 11 is 0. The Labute approximate surface area is 83.1 Å². The molecule has 3 heteroatoms. The summed E-state index contributed by atoms with van der Waals surface area (Å²) in [6.45, 7) is 2.00. The summed E-state index contributed by atoms with van der Waals surface area (Å²) < 4.78 is 0. The highest BCUT2D eigenvalue weighted by Crippen LogP contribution is 2.16. The molecule has 14 heavy (non-hydrogen) atoms. The highest BCUT2D eigenvalue weighted by Gasteiger charge is 2.00. The number of carboxylic acid groups (broad SMARTS) is 1. The number of hydrogen-bond acceptors (Lipinski definition) is 2. The normalized spacial score (nSPS) is 11.4. The van der Waals surface area contributed by atoms with Crippen molar-refractivity contribution >= 4 is 11.5 Å². The third-order valence-electron chi connectivity index (χ3n) is 1.94. The first-order valence-corrected chi connectivity index (χ1v) is 4.55. The van der Waals surface area contributed by atoms with Crippen LogP contribution in [0.3, 0.4) is 0 Å². The molecule has 0 unspecified atom stereocenters. The summed E-state index contributed by atoms with van der Waals surface area (Å²) in [6, 6.07) is 3.78. The standard InChI is InChI=1S/C11H13NO2/c1-2-9(5-6-11(13)14)10-4-3-7-12-8-10/h3-5,7-8H,2,6H2,1H3,(H,13,14)/b9-5+. The zero-order valence-electron chi connectivity index (χ0n) is 8.10. The van der Waals surface area contributed by atoms with E-state index in [1.165, 1.54) is 0 Å². The summed E-state index contributed by atoms with van der Waals surface area (Å²) in [4.78, 5) is 14.4. The van der Waals surface area contributed by atoms with Crippen molar-refractivity contribution in [2.75, 3.05) is 0 Å². The Morgan fingerprint density at radius 2 is 2.43 bits per heavy atom. The quantitative estimate of drug-likeness (QED) is 0.794. The van der Waals surface area contributed by atoms with Crippen LogP contribution in [-0.4, -0.2) is 16.1 Å². The van der Waals surface area contributed by atoms with Crippen LogP contribution in [0.15, 0.2) is 30.6 Å². The summed E-state index contributed by atoms with van der Waals surface area (Å²) in [7, 11) is 0. The Hall–Kier alpha value is -1.64. The van der Waals surface area contributed by atoms with Crippen LogP contribution >= 0.6 is 0 Å². The fourth-order valence-electron chi connectivity index (χ4n) is 1.23. The van der Waals surface area contributed by atoms with E-state index in [1.807, 2.05) is 19.1 Å². The van der Waals surface area contributed by atoms with Crippen LogP contribution in [0, 0.1) is 0 Å². The molecular formula is C11H13NO2. The first kappa shape index (κ1) is 10.4. The van der Waals surface area contributed by atoms with Crippen molar-refractivity contribution in [3.05, 3.63) is 36.2 Å². The SMILES string of the molecule is CC/C(=C\CC(=O)O)c1cccnc1. The van der Waals surface area contributed by atoms with E-state index >= 15 is 0 Å². The molecule has 0 bridgehead atoms. The maximum absolute atomic E-state index is 10.4. The number of carbonyl (C=O) groups is 1. The number of pyridine rings is 1. The third kappa shape index (κ3) is 3.01. The van der Waals surface area contributed by atoms with Gasteiger partial charge in [0.15, 0.2) is 0 Å². The number of aliphatic carboxylic acids is 1. The molecule has 0 amide bonds. The molecule has 1 rings (SSSR count). The van der Waals surface area contributed by atoms with Gasteiger partial charge in [0.25, 0.3) is 0 Å². The van der Waals surface area contributed by atoms with Gasteiger partial charge in [0.05, 0.1) is 6.42 Å². The van der Waals surface area contributed by atoms with Gasteiger partial charge in [-0.3, -0.25) is 9.78 Å². The van der Waals surface area contributed by atoms with E-state index in [4.69, 9.17) is 5.11 Å². The fraction of sp³-hybridized carbons (Fsp3) is 0.273. The van der Waals surface area contributed by atoms with Gasteiger partial charge in [0.2, 0.25) is 0 Å². The highest BCUT2D eigenvalue weighted by molar-refractivity contribution is 5.73. The lowest BCUT2D eigenvalue weighted by molar-refractivity contribution is -0.135. The van der Waals surface area contributed by atoms with Gasteiger partial charge in [-0.15, -0.1) is 0 Å². The molecule has 0 aliphatic heterocycles. The minimum absolute atomic E-state index is 0.0675. The number of rotatable bonds is 4. The maximum atomic E-state index is 10.4. The van der Waals surface area contributed by atoms with Gasteiger partial charge in [0.1, 0.15) is 0 Å². The number of nitrogens with zero attached hydrogens (tertiary/aromatic N) is 1. The average Bonchev–Trinajstić information content (AvgIpc) is 2.20. The predicted octanol–water partition coefficient (Wildman–Crippen LogP) is 2.35. The molecule has 0 atom stereocenters. The number of allylic oxidation sites excluding steroid dienone is 1. The zero-order chi connectivity index (χ0) is 10.4. The van der Waals surface area contributed by atoms with Gasteiger partial charge >= 0.3 is 5.97 Å². The predicted molar refractivity (Wildman–Crippen MR) is 54.8 cm³/mol. The second-order valence-electron chi connectivity index (χ2n) is 2.92. The summed E-state index contributed by atoms with van der Waals surface area (Å²) in [5.41, 5.74) is 2.02. The van der Waals surface area contributed by atoms with Crippen LogP contribution in [0.1, 0.15) is 25.3 Å². The molecule has 1 aromatic heterocycles. The lowest BCUT2D eigenvalue weighted by atomic mass is 10.0. The van der Waals surface area contributed by atoms with E-state index in [9.17, 15) is 4.79 Å². The number of carboxylic acids is 1. The van der Waals surface area contributed by atoms with Crippen molar-refractivity contribution in [2.45, 2.75) is 19.8 Å². The molecule has 1 N–H and O–H groups in total. The molecule has 0 aliphatic carbocycles. The Balaban J connectivity index is 2.82.